The fourth-order valence-electron chi connectivity index (χ4n) is 2.70. The molecule has 2 aromatic carbocycles. The lowest BCUT2D eigenvalue weighted by molar-refractivity contribution is -0.115. The Morgan fingerprint density at radius 1 is 1.00 bits per heavy atom. The molecule has 0 unspecified atom stereocenters. The first-order chi connectivity index (χ1) is 12.1. The molecule has 0 saturated heterocycles. The molecule has 0 radical (unpaired) electrons. The van der Waals surface area contributed by atoms with E-state index < -0.39 is 0 Å². The molecule has 0 aliphatic rings. The Balaban J connectivity index is 1.66. The summed E-state index contributed by atoms with van der Waals surface area (Å²) >= 11 is 0. The van der Waals surface area contributed by atoms with Crippen LogP contribution in [0, 0.1) is 13.8 Å². The summed E-state index contributed by atoms with van der Waals surface area (Å²) in [6.45, 7) is 4.27. The summed E-state index contributed by atoms with van der Waals surface area (Å²) in [6.07, 6.45) is 1.64. The summed E-state index contributed by atoms with van der Waals surface area (Å²) < 4.78 is 5.54. The van der Waals surface area contributed by atoms with Crippen LogP contribution in [0.3, 0.4) is 0 Å². The Hall–Kier alpha value is -2.85. The third-order valence-electron chi connectivity index (χ3n) is 4.22. The lowest BCUT2D eigenvalue weighted by atomic mass is 10.0. The summed E-state index contributed by atoms with van der Waals surface area (Å²) in [6, 6.07) is 19.4. The summed E-state index contributed by atoms with van der Waals surface area (Å²) in [7, 11) is 0. The molecule has 0 saturated carbocycles. The zero-order valence-corrected chi connectivity index (χ0v) is 14.5. The second-order valence-electron chi connectivity index (χ2n) is 6.09. The molecule has 0 aliphatic carbocycles. The van der Waals surface area contributed by atoms with E-state index >= 15 is 0 Å². The number of rotatable bonds is 6. The van der Waals surface area contributed by atoms with Crippen LogP contribution in [0.15, 0.2) is 71.3 Å². The average molecular weight is 334 g/mol. The molecule has 2 N–H and O–H groups in total. The molecule has 0 spiro atoms. The monoisotopic (exact) mass is 334 g/mol. The third-order valence-corrected chi connectivity index (χ3v) is 4.22. The Morgan fingerprint density at radius 3 is 2.48 bits per heavy atom. The zero-order valence-electron chi connectivity index (χ0n) is 14.5. The number of hydrogen-bond donors (Lipinski definition) is 2. The number of amides is 1. The molecule has 0 fully saturated rings. The number of nitrogens with one attached hydrogen (secondary N) is 2. The minimum Gasteiger partial charge on any atom is -0.467 e. The molecule has 1 atom stereocenters. The van der Waals surface area contributed by atoms with Gasteiger partial charge in [-0.25, -0.2) is 0 Å². The van der Waals surface area contributed by atoms with Crippen molar-refractivity contribution in [3.8, 4) is 0 Å². The predicted molar refractivity (Wildman–Crippen MR) is 99.5 cm³/mol. The number of furan rings is 1. The molecule has 0 bridgehead atoms. The van der Waals surface area contributed by atoms with E-state index in [2.05, 4.69) is 17.6 Å². The number of anilines is 1. The van der Waals surface area contributed by atoms with Crippen LogP contribution in [0.2, 0.25) is 0 Å². The maximum atomic E-state index is 12.3. The Labute approximate surface area is 147 Å². The van der Waals surface area contributed by atoms with Crippen LogP contribution in [0.1, 0.15) is 28.5 Å². The third kappa shape index (κ3) is 4.37. The molecule has 1 amide bonds. The summed E-state index contributed by atoms with van der Waals surface area (Å²) in [5.41, 5.74) is 4.22. The van der Waals surface area contributed by atoms with Crippen LogP contribution in [0.25, 0.3) is 0 Å². The minimum absolute atomic E-state index is 0.0873. The maximum absolute atomic E-state index is 12.3. The Bertz CT molecular complexity index is 826. The number of hydrogen-bond acceptors (Lipinski definition) is 3. The van der Waals surface area contributed by atoms with Gasteiger partial charge in [0.15, 0.2) is 0 Å². The van der Waals surface area contributed by atoms with E-state index in [0.717, 1.165) is 22.6 Å². The lowest BCUT2D eigenvalue weighted by Crippen LogP contribution is -2.31. The van der Waals surface area contributed by atoms with Gasteiger partial charge in [0, 0.05) is 5.69 Å². The SMILES string of the molecule is Cc1ccc(NC(=O)CN[C@H](c2ccccc2)c2ccco2)cc1C. The van der Waals surface area contributed by atoms with Crippen molar-refractivity contribution in [1.82, 2.24) is 5.32 Å². The van der Waals surface area contributed by atoms with Crippen LogP contribution in [0.5, 0.6) is 0 Å². The Morgan fingerprint density at radius 2 is 1.80 bits per heavy atom. The van der Waals surface area contributed by atoms with Gasteiger partial charge in [-0.3, -0.25) is 10.1 Å². The van der Waals surface area contributed by atoms with Gasteiger partial charge < -0.3 is 9.73 Å². The number of benzene rings is 2. The highest BCUT2D eigenvalue weighted by Gasteiger charge is 2.17. The van der Waals surface area contributed by atoms with E-state index in [1.807, 2.05) is 67.6 Å². The van der Waals surface area contributed by atoms with Crippen molar-refractivity contribution in [1.29, 1.82) is 0 Å². The molecule has 4 heteroatoms. The number of aryl methyl sites for hydroxylation is 2. The standard InChI is InChI=1S/C21H22N2O2/c1-15-10-11-18(13-16(15)2)23-20(24)14-22-21(19-9-6-12-25-19)17-7-4-3-5-8-17/h3-13,21-22H,14H2,1-2H3,(H,23,24)/t21-/m1/s1. The molecule has 1 aromatic heterocycles. The van der Waals surface area contributed by atoms with Crippen molar-refractivity contribution in [3.05, 3.63) is 89.4 Å². The first kappa shape index (κ1) is 17.0. The van der Waals surface area contributed by atoms with Crippen LogP contribution >= 0.6 is 0 Å². The van der Waals surface area contributed by atoms with Crippen molar-refractivity contribution in [3.63, 3.8) is 0 Å². The highest BCUT2D eigenvalue weighted by Crippen LogP contribution is 2.22. The van der Waals surface area contributed by atoms with Gasteiger partial charge >= 0.3 is 0 Å². The highest BCUT2D eigenvalue weighted by molar-refractivity contribution is 5.92. The van der Waals surface area contributed by atoms with Crippen molar-refractivity contribution < 1.29 is 9.21 Å². The summed E-state index contributed by atoms with van der Waals surface area (Å²) in [4.78, 5) is 12.3. The van der Waals surface area contributed by atoms with Gasteiger partial charge in [0.05, 0.1) is 18.8 Å². The van der Waals surface area contributed by atoms with Gasteiger partial charge in [-0.2, -0.15) is 0 Å². The first-order valence-corrected chi connectivity index (χ1v) is 8.32. The van der Waals surface area contributed by atoms with Gasteiger partial charge in [-0.15, -0.1) is 0 Å². The lowest BCUT2D eigenvalue weighted by Gasteiger charge is -2.17. The van der Waals surface area contributed by atoms with Gasteiger partial charge in [-0.1, -0.05) is 36.4 Å². The second kappa shape index (κ2) is 7.81. The maximum Gasteiger partial charge on any atom is 0.238 e. The molecular weight excluding hydrogens is 312 g/mol. The highest BCUT2D eigenvalue weighted by atomic mass is 16.3. The van der Waals surface area contributed by atoms with Crippen molar-refractivity contribution >= 4 is 11.6 Å². The van der Waals surface area contributed by atoms with Crippen LogP contribution in [-0.4, -0.2) is 12.5 Å². The quantitative estimate of drug-likeness (QED) is 0.710. The molecule has 25 heavy (non-hydrogen) atoms. The van der Waals surface area contributed by atoms with E-state index in [9.17, 15) is 4.79 Å². The van der Waals surface area contributed by atoms with Crippen molar-refractivity contribution in [2.24, 2.45) is 0 Å². The van der Waals surface area contributed by atoms with E-state index in [-0.39, 0.29) is 18.5 Å². The van der Waals surface area contributed by atoms with Crippen LogP contribution < -0.4 is 10.6 Å². The topological polar surface area (TPSA) is 54.3 Å². The van der Waals surface area contributed by atoms with Crippen LogP contribution in [0.4, 0.5) is 5.69 Å². The molecular formula is C21H22N2O2. The molecule has 1 heterocycles. The molecule has 3 aromatic rings. The normalized spacial score (nSPS) is 11.9. The van der Waals surface area contributed by atoms with E-state index in [1.54, 1.807) is 6.26 Å². The summed E-state index contributed by atoms with van der Waals surface area (Å²) in [5.74, 6) is 0.695. The fourth-order valence-corrected chi connectivity index (χ4v) is 2.70. The fraction of sp³-hybridized carbons (Fsp3) is 0.190. The Kier molecular flexibility index (Phi) is 5.31. The molecule has 128 valence electrons. The van der Waals surface area contributed by atoms with Gasteiger partial charge in [0.25, 0.3) is 0 Å². The zero-order chi connectivity index (χ0) is 17.6. The van der Waals surface area contributed by atoms with Crippen molar-refractivity contribution in [2.75, 3.05) is 11.9 Å². The minimum atomic E-state index is -0.165. The first-order valence-electron chi connectivity index (χ1n) is 8.32. The van der Waals surface area contributed by atoms with Crippen molar-refractivity contribution in [2.45, 2.75) is 19.9 Å². The number of carbonyl (C=O) groups excluding carboxylic acids is 1. The molecule has 0 aliphatic heterocycles. The second-order valence-corrected chi connectivity index (χ2v) is 6.09. The van der Waals surface area contributed by atoms with Crippen LogP contribution in [-0.2, 0) is 4.79 Å². The van der Waals surface area contributed by atoms with E-state index in [1.165, 1.54) is 5.56 Å². The van der Waals surface area contributed by atoms with E-state index in [4.69, 9.17) is 4.42 Å². The van der Waals surface area contributed by atoms with Gasteiger partial charge in [-0.05, 0) is 54.8 Å². The summed E-state index contributed by atoms with van der Waals surface area (Å²) in [5, 5.41) is 6.21. The van der Waals surface area contributed by atoms with E-state index in [0.29, 0.717) is 0 Å². The van der Waals surface area contributed by atoms with Gasteiger partial charge in [0.1, 0.15) is 5.76 Å². The average Bonchev–Trinajstić information content (AvgIpc) is 3.14. The molecule has 4 nitrogen and oxygen atoms in total. The molecule has 3 rings (SSSR count). The smallest absolute Gasteiger partial charge is 0.238 e. The van der Waals surface area contributed by atoms with Gasteiger partial charge in [0.2, 0.25) is 5.91 Å². The number of carbonyl (C=O) groups is 1. The predicted octanol–water partition coefficient (Wildman–Crippen LogP) is 4.21. The largest absolute Gasteiger partial charge is 0.467 e.